The Kier molecular flexibility index (Phi) is 8.92. The van der Waals surface area contributed by atoms with Crippen LogP contribution in [0.15, 0.2) is 71.1 Å². The van der Waals surface area contributed by atoms with Crippen molar-refractivity contribution in [2.24, 2.45) is 0 Å². The lowest BCUT2D eigenvalue weighted by Gasteiger charge is -2.27. The minimum Gasteiger partial charge on any atom is -0.465 e. The molecule has 1 fully saturated rings. The van der Waals surface area contributed by atoms with E-state index in [9.17, 15) is 19.2 Å². The van der Waals surface area contributed by atoms with E-state index in [1.807, 2.05) is 6.07 Å². The Morgan fingerprint density at radius 1 is 0.951 bits per heavy atom. The first-order valence-corrected chi connectivity index (χ1v) is 14.5. The first-order valence-electron chi connectivity index (χ1n) is 12.7. The number of aromatic nitrogens is 1. The molecule has 0 unspecified atom stereocenters. The summed E-state index contributed by atoms with van der Waals surface area (Å²) in [5.74, 6) is -1.31. The van der Waals surface area contributed by atoms with Crippen molar-refractivity contribution in [1.82, 2.24) is 9.88 Å². The van der Waals surface area contributed by atoms with Crippen molar-refractivity contribution in [2.75, 3.05) is 49.8 Å². The summed E-state index contributed by atoms with van der Waals surface area (Å²) in [5.41, 5.74) is 2.59. The summed E-state index contributed by atoms with van der Waals surface area (Å²) in [6.45, 7) is 1.92. The van der Waals surface area contributed by atoms with E-state index in [1.165, 1.54) is 30.2 Å². The third-order valence-corrected chi connectivity index (χ3v) is 8.42. The monoisotopic (exact) mass is 590 g/mol. The normalized spacial score (nSPS) is 13.0. The fourth-order valence-corrected chi connectivity index (χ4v) is 6.15. The van der Waals surface area contributed by atoms with Gasteiger partial charge in [-0.3, -0.25) is 14.4 Å². The van der Waals surface area contributed by atoms with Crippen LogP contribution in [0.4, 0.5) is 11.4 Å². The Bertz CT molecular complexity index is 1620. The molecule has 12 heteroatoms. The van der Waals surface area contributed by atoms with Gasteiger partial charge in [-0.15, -0.1) is 11.3 Å². The second-order valence-corrected chi connectivity index (χ2v) is 11.2. The third-order valence-electron chi connectivity index (χ3n) is 6.26. The summed E-state index contributed by atoms with van der Waals surface area (Å²) < 4.78 is 11.6. The van der Waals surface area contributed by atoms with Gasteiger partial charge in [-0.2, -0.15) is 0 Å². The molecule has 41 heavy (non-hydrogen) atoms. The number of anilines is 2. The number of esters is 1. The SMILES string of the molecule is COC(=O)c1ccccc1NC(=O)CSc1nc2ccc(NC(=O)c3ccccc3C(=O)N3CCOCC3)cc2s1. The molecule has 3 aromatic carbocycles. The molecule has 0 atom stereocenters. The Morgan fingerprint density at radius 3 is 2.41 bits per heavy atom. The Balaban J connectivity index is 1.23. The Labute approximate surface area is 244 Å². The number of nitrogens with one attached hydrogen (secondary N) is 2. The molecule has 0 bridgehead atoms. The maximum absolute atomic E-state index is 13.2. The van der Waals surface area contributed by atoms with E-state index in [-0.39, 0.29) is 29.0 Å². The van der Waals surface area contributed by atoms with Gasteiger partial charge in [0.15, 0.2) is 4.34 Å². The highest BCUT2D eigenvalue weighted by molar-refractivity contribution is 8.01. The van der Waals surface area contributed by atoms with Crippen molar-refractivity contribution in [2.45, 2.75) is 4.34 Å². The number of para-hydroxylation sites is 1. The second-order valence-electron chi connectivity index (χ2n) is 8.94. The van der Waals surface area contributed by atoms with Crippen LogP contribution in [-0.2, 0) is 14.3 Å². The topological polar surface area (TPSA) is 127 Å². The van der Waals surface area contributed by atoms with Gasteiger partial charge in [0.05, 0.1) is 58.7 Å². The van der Waals surface area contributed by atoms with Crippen LogP contribution in [0.25, 0.3) is 10.2 Å². The highest BCUT2D eigenvalue weighted by atomic mass is 32.2. The molecule has 1 aliphatic rings. The molecule has 0 spiro atoms. The Morgan fingerprint density at radius 2 is 1.66 bits per heavy atom. The van der Waals surface area contributed by atoms with Crippen LogP contribution in [-0.4, -0.2) is 72.7 Å². The van der Waals surface area contributed by atoms with Gasteiger partial charge < -0.3 is 25.0 Å². The average molecular weight is 591 g/mol. The fourth-order valence-electron chi connectivity index (χ4n) is 4.24. The Hall–Kier alpha value is -4.26. The number of fused-ring (bicyclic) bond motifs is 1. The number of hydrogen-bond acceptors (Lipinski definition) is 9. The number of carbonyl (C=O) groups excluding carboxylic acids is 4. The molecule has 1 aromatic heterocycles. The molecule has 1 saturated heterocycles. The van der Waals surface area contributed by atoms with Crippen LogP contribution < -0.4 is 10.6 Å². The number of ether oxygens (including phenoxy) is 2. The van der Waals surface area contributed by atoms with E-state index in [0.29, 0.717) is 53.1 Å². The second kappa shape index (κ2) is 12.9. The van der Waals surface area contributed by atoms with Crippen LogP contribution in [0.1, 0.15) is 31.1 Å². The van der Waals surface area contributed by atoms with Crippen LogP contribution in [0, 0.1) is 0 Å². The van der Waals surface area contributed by atoms with Gasteiger partial charge in [-0.25, -0.2) is 9.78 Å². The third kappa shape index (κ3) is 6.73. The predicted octanol–water partition coefficient (Wildman–Crippen LogP) is 4.54. The van der Waals surface area contributed by atoms with E-state index in [1.54, 1.807) is 65.6 Å². The largest absolute Gasteiger partial charge is 0.465 e. The fraction of sp³-hybridized carbons (Fsp3) is 0.207. The van der Waals surface area contributed by atoms with Crippen molar-refractivity contribution in [3.05, 3.63) is 83.4 Å². The highest BCUT2D eigenvalue weighted by Gasteiger charge is 2.23. The number of amides is 3. The standard InChI is InChI=1S/C29H26N4O6S2/c1-38-28(37)21-8-4-5-9-22(21)31-25(34)17-40-29-32-23-11-10-18(16-24(23)41-29)30-26(35)19-6-2-3-7-20(19)27(36)33-12-14-39-15-13-33/h2-11,16H,12-15,17H2,1H3,(H,30,35)(H,31,34). The smallest absolute Gasteiger partial charge is 0.339 e. The van der Waals surface area contributed by atoms with Gasteiger partial charge in [0.1, 0.15) is 0 Å². The molecule has 10 nitrogen and oxygen atoms in total. The summed E-state index contributed by atoms with van der Waals surface area (Å²) in [6.07, 6.45) is 0. The number of benzene rings is 3. The van der Waals surface area contributed by atoms with Crippen molar-refractivity contribution < 1.29 is 28.7 Å². The average Bonchev–Trinajstić information content (AvgIpc) is 3.42. The maximum atomic E-state index is 13.2. The zero-order valence-corrected chi connectivity index (χ0v) is 23.7. The van der Waals surface area contributed by atoms with Crippen molar-refractivity contribution in [1.29, 1.82) is 0 Å². The number of morpholine rings is 1. The van der Waals surface area contributed by atoms with Gasteiger partial charge in [-0.05, 0) is 42.5 Å². The zero-order valence-electron chi connectivity index (χ0n) is 22.0. The van der Waals surface area contributed by atoms with E-state index < -0.39 is 5.97 Å². The van der Waals surface area contributed by atoms with Crippen LogP contribution >= 0.6 is 23.1 Å². The minimum atomic E-state index is -0.533. The van der Waals surface area contributed by atoms with Crippen LogP contribution in [0.5, 0.6) is 0 Å². The minimum absolute atomic E-state index is 0.0902. The molecule has 0 radical (unpaired) electrons. The van der Waals surface area contributed by atoms with Gasteiger partial charge >= 0.3 is 5.97 Å². The van der Waals surface area contributed by atoms with Crippen LogP contribution in [0.3, 0.4) is 0 Å². The first kappa shape index (κ1) is 28.3. The van der Waals surface area contributed by atoms with E-state index >= 15 is 0 Å². The quantitative estimate of drug-likeness (QED) is 0.226. The number of rotatable bonds is 8. The van der Waals surface area contributed by atoms with Crippen molar-refractivity contribution >= 4 is 68.4 Å². The van der Waals surface area contributed by atoms with E-state index in [0.717, 1.165) is 10.2 Å². The molecule has 0 saturated carbocycles. The summed E-state index contributed by atoms with van der Waals surface area (Å²) in [4.78, 5) is 57.0. The maximum Gasteiger partial charge on any atom is 0.339 e. The number of carbonyl (C=O) groups is 4. The highest BCUT2D eigenvalue weighted by Crippen LogP contribution is 2.32. The first-order chi connectivity index (χ1) is 19.9. The van der Waals surface area contributed by atoms with Crippen LogP contribution in [0.2, 0.25) is 0 Å². The summed E-state index contributed by atoms with van der Waals surface area (Å²) >= 11 is 2.66. The summed E-state index contributed by atoms with van der Waals surface area (Å²) in [6, 6.07) is 18.8. The molecule has 1 aliphatic heterocycles. The van der Waals surface area contributed by atoms with Gasteiger partial charge in [-0.1, -0.05) is 36.0 Å². The van der Waals surface area contributed by atoms with Crippen molar-refractivity contribution in [3.8, 4) is 0 Å². The molecule has 2 heterocycles. The predicted molar refractivity (Wildman–Crippen MR) is 158 cm³/mol. The van der Waals surface area contributed by atoms with Gasteiger partial charge in [0, 0.05) is 18.8 Å². The van der Waals surface area contributed by atoms with E-state index in [4.69, 9.17) is 9.47 Å². The molecule has 210 valence electrons. The van der Waals surface area contributed by atoms with Gasteiger partial charge in [0.25, 0.3) is 11.8 Å². The molecular weight excluding hydrogens is 564 g/mol. The number of thiazole rings is 1. The van der Waals surface area contributed by atoms with E-state index in [2.05, 4.69) is 15.6 Å². The molecule has 3 amide bonds. The molecule has 5 rings (SSSR count). The van der Waals surface area contributed by atoms with Gasteiger partial charge in [0.2, 0.25) is 5.91 Å². The number of nitrogens with zero attached hydrogens (tertiary/aromatic N) is 2. The molecular formula is C29H26N4O6S2. The number of methoxy groups -OCH3 is 1. The lowest BCUT2D eigenvalue weighted by molar-refractivity contribution is -0.113. The summed E-state index contributed by atoms with van der Waals surface area (Å²) in [7, 11) is 1.29. The lowest BCUT2D eigenvalue weighted by atomic mass is 10.0. The molecule has 2 N–H and O–H groups in total. The number of hydrogen-bond donors (Lipinski definition) is 2. The lowest BCUT2D eigenvalue weighted by Crippen LogP contribution is -2.41. The molecule has 4 aromatic rings. The number of thioether (sulfide) groups is 1. The molecule has 0 aliphatic carbocycles. The zero-order chi connectivity index (χ0) is 28.8. The van der Waals surface area contributed by atoms with Crippen molar-refractivity contribution in [3.63, 3.8) is 0 Å². The summed E-state index contributed by atoms with van der Waals surface area (Å²) in [5, 5.41) is 5.64.